The molecule has 0 spiro atoms. The Morgan fingerprint density at radius 2 is 2.47 bits per heavy atom. The number of thioether (sulfide) groups is 1. The minimum atomic E-state index is 0.274. The third-order valence-corrected chi connectivity index (χ3v) is 4.73. The molecule has 0 aliphatic carbocycles. The first-order chi connectivity index (χ1) is 7.16. The summed E-state index contributed by atoms with van der Waals surface area (Å²) in [6.07, 6.45) is 3.01. The van der Waals surface area contributed by atoms with Crippen molar-refractivity contribution in [2.75, 3.05) is 6.61 Å². The number of hydrogen-bond donors (Lipinski definition) is 0. The van der Waals surface area contributed by atoms with Crippen LogP contribution in [0.1, 0.15) is 13.3 Å². The lowest BCUT2D eigenvalue weighted by Gasteiger charge is -2.13. The van der Waals surface area contributed by atoms with Crippen LogP contribution in [0.2, 0.25) is 5.28 Å². The van der Waals surface area contributed by atoms with Crippen LogP contribution in [-0.2, 0) is 4.74 Å². The van der Waals surface area contributed by atoms with E-state index in [1.54, 1.807) is 18.0 Å². The molecule has 0 aromatic carbocycles. The van der Waals surface area contributed by atoms with Crippen LogP contribution in [0.15, 0.2) is 15.7 Å². The summed E-state index contributed by atoms with van der Waals surface area (Å²) in [6.45, 7) is 2.91. The van der Waals surface area contributed by atoms with Gasteiger partial charge in [0, 0.05) is 18.1 Å². The summed E-state index contributed by atoms with van der Waals surface area (Å²) in [5.41, 5.74) is 0. The fourth-order valence-electron chi connectivity index (χ4n) is 1.42. The highest BCUT2D eigenvalue weighted by Crippen LogP contribution is 2.35. The minimum absolute atomic E-state index is 0.274. The molecule has 1 aromatic rings. The number of ether oxygens (including phenoxy) is 1. The first-order valence-corrected chi connectivity index (χ1v) is 6.68. The van der Waals surface area contributed by atoms with E-state index in [0.29, 0.717) is 5.25 Å². The maximum atomic E-state index is 5.75. The molecule has 1 aliphatic heterocycles. The van der Waals surface area contributed by atoms with Crippen molar-refractivity contribution in [3.63, 3.8) is 0 Å². The monoisotopic (exact) mass is 308 g/mol. The second kappa shape index (κ2) is 4.99. The highest BCUT2D eigenvalue weighted by Gasteiger charge is 2.26. The predicted molar refractivity (Wildman–Crippen MR) is 64.4 cm³/mol. The van der Waals surface area contributed by atoms with Crippen LogP contribution in [0.4, 0.5) is 0 Å². The lowest BCUT2D eigenvalue weighted by molar-refractivity contribution is 0.127. The van der Waals surface area contributed by atoms with E-state index in [9.17, 15) is 0 Å². The van der Waals surface area contributed by atoms with E-state index in [1.807, 2.05) is 0 Å². The SMILES string of the molecule is CC1OCCC1Sc1nc(Cl)ncc1Br. The van der Waals surface area contributed by atoms with Crippen LogP contribution in [0.5, 0.6) is 0 Å². The number of hydrogen-bond acceptors (Lipinski definition) is 4. The zero-order chi connectivity index (χ0) is 10.8. The van der Waals surface area contributed by atoms with Gasteiger partial charge in [0.25, 0.3) is 0 Å². The molecule has 82 valence electrons. The van der Waals surface area contributed by atoms with Crippen molar-refractivity contribution in [3.8, 4) is 0 Å². The van der Waals surface area contributed by atoms with Crippen LogP contribution in [0.25, 0.3) is 0 Å². The molecule has 0 radical (unpaired) electrons. The zero-order valence-electron chi connectivity index (χ0n) is 8.11. The first kappa shape index (κ1) is 11.6. The van der Waals surface area contributed by atoms with Crippen LogP contribution in [0, 0.1) is 0 Å². The van der Waals surface area contributed by atoms with E-state index in [-0.39, 0.29) is 11.4 Å². The van der Waals surface area contributed by atoms with Crippen molar-refractivity contribution in [3.05, 3.63) is 16.0 Å². The Kier molecular flexibility index (Phi) is 3.88. The molecule has 0 saturated carbocycles. The van der Waals surface area contributed by atoms with Gasteiger partial charge in [0.2, 0.25) is 5.28 Å². The summed E-state index contributed by atoms with van der Waals surface area (Å²) >= 11 is 10.9. The van der Waals surface area contributed by atoms with Crippen LogP contribution < -0.4 is 0 Å². The molecule has 1 fully saturated rings. The summed E-state index contributed by atoms with van der Waals surface area (Å²) in [5.74, 6) is 0. The largest absolute Gasteiger partial charge is 0.377 e. The van der Waals surface area contributed by atoms with Crippen LogP contribution in [-0.4, -0.2) is 27.9 Å². The first-order valence-electron chi connectivity index (χ1n) is 4.63. The summed E-state index contributed by atoms with van der Waals surface area (Å²) in [6, 6.07) is 0. The van der Waals surface area contributed by atoms with E-state index >= 15 is 0 Å². The molecular weight excluding hydrogens is 300 g/mol. The second-order valence-corrected chi connectivity index (χ2v) is 5.73. The molecule has 0 N–H and O–H groups in total. The fraction of sp³-hybridized carbons (Fsp3) is 0.556. The van der Waals surface area contributed by atoms with Gasteiger partial charge >= 0.3 is 0 Å². The van der Waals surface area contributed by atoms with Crippen molar-refractivity contribution in [1.82, 2.24) is 9.97 Å². The van der Waals surface area contributed by atoms with Gasteiger partial charge in [-0.25, -0.2) is 9.97 Å². The van der Waals surface area contributed by atoms with Crippen molar-refractivity contribution in [2.24, 2.45) is 0 Å². The molecule has 0 bridgehead atoms. The average Bonchev–Trinajstić information content (AvgIpc) is 2.58. The van der Waals surface area contributed by atoms with Gasteiger partial charge in [-0.1, -0.05) is 11.8 Å². The van der Waals surface area contributed by atoms with Crippen LogP contribution in [0.3, 0.4) is 0 Å². The average molecular weight is 310 g/mol. The summed E-state index contributed by atoms with van der Waals surface area (Å²) < 4.78 is 6.38. The number of rotatable bonds is 2. The van der Waals surface area contributed by atoms with Gasteiger partial charge in [0.05, 0.1) is 10.6 Å². The van der Waals surface area contributed by atoms with Crippen molar-refractivity contribution >= 4 is 39.3 Å². The normalized spacial score (nSPS) is 25.8. The lowest BCUT2D eigenvalue weighted by Crippen LogP contribution is -2.13. The van der Waals surface area contributed by atoms with Gasteiger partial charge in [0.1, 0.15) is 5.03 Å². The van der Waals surface area contributed by atoms with E-state index in [4.69, 9.17) is 16.3 Å². The Morgan fingerprint density at radius 1 is 1.67 bits per heavy atom. The standard InChI is InChI=1S/C9H10BrClN2OS/c1-5-7(2-3-14-5)15-8-6(10)4-12-9(11)13-8/h4-5,7H,2-3H2,1H3. The van der Waals surface area contributed by atoms with E-state index < -0.39 is 0 Å². The molecular formula is C9H10BrClN2OS. The topological polar surface area (TPSA) is 35.0 Å². The van der Waals surface area contributed by atoms with Crippen molar-refractivity contribution < 1.29 is 4.74 Å². The van der Waals surface area contributed by atoms with Gasteiger partial charge < -0.3 is 4.74 Å². The molecule has 1 aliphatic rings. The predicted octanol–water partition coefficient (Wildman–Crippen LogP) is 3.16. The highest BCUT2D eigenvalue weighted by atomic mass is 79.9. The minimum Gasteiger partial charge on any atom is -0.377 e. The van der Waals surface area contributed by atoms with Gasteiger partial charge in [-0.15, -0.1) is 0 Å². The lowest BCUT2D eigenvalue weighted by atomic mass is 10.3. The molecule has 1 aromatic heterocycles. The number of halogens is 2. The van der Waals surface area contributed by atoms with E-state index in [0.717, 1.165) is 22.5 Å². The Morgan fingerprint density at radius 3 is 3.13 bits per heavy atom. The summed E-state index contributed by atoms with van der Waals surface area (Å²) in [5, 5.41) is 1.62. The number of aromatic nitrogens is 2. The molecule has 1 saturated heterocycles. The summed E-state index contributed by atoms with van der Waals surface area (Å²) in [4.78, 5) is 8.08. The van der Waals surface area contributed by atoms with Gasteiger partial charge in [-0.2, -0.15) is 0 Å². The molecule has 0 amide bonds. The molecule has 2 unspecified atom stereocenters. The second-order valence-electron chi connectivity index (χ2n) is 3.31. The quantitative estimate of drug-likeness (QED) is 0.621. The van der Waals surface area contributed by atoms with E-state index in [1.165, 1.54) is 0 Å². The van der Waals surface area contributed by atoms with Gasteiger partial charge in [-0.3, -0.25) is 0 Å². The van der Waals surface area contributed by atoms with Crippen molar-refractivity contribution in [2.45, 2.75) is 29.7 Å². The molecule has 2 heterocycles. The highest BCUT2D eigenvalue weighted by molar-refractivity contribution is 9.10. The molecule has 3 nitrogen and oxygen atoms in total. The smallest absolute Gasteiger partial charge is 0.223 e. The Hall–Kier alpha value is 0.160. The molecule has 2 rings (SSSR count). The van der Waals surface area contributed by atoms with E-state index in [2.05, 4.69) is 32.8 Å². The third kappa shape index (κ3) is 2.84. The van der Waals surface area contributed by atoms with Gasteiger partial charge in [-0.05, 0) is 40.9 Å². The Balaban J connectivity index is 2.12. The van der Waals surface area contributed by atoms with Crippen molar-refractivity contribution in [1.29, 1.82) is 0 Å². The van der Waals surface area contributed by atoms with Gasteiger partial charge in [0.15, 0.2) is 0 Å². The molecule has 2 atom stereocenters. The zero-order valence-corrected chi connectivity index (χ0v) is 11.3. The fourth-order valence-corrected chi connectivity index (χ4v) is 3.15. The molecule has 6 heteroatoms. The van der Waals surface area contributed by atoms with Crippen LogP contribution >= 0.6 is 39.3 Å². The Labute approximate surface area is 106 Å². The Bertz CT molecular complexity index is 366. The summed E-state index contributed by atoms with van der Waals surface area (Å²) in [7, 11) is 0. The third-order valence-electron chi connectivity index (χ3n) is 2.25. The maximum Gasteiger partial charge on any atom is 0.223 e. The molecule has 15 heavy (non-hydrogen) atoms. The maximum absolute atomic E-state index is 5.75. The number of nitrogens with zero attached hydrogens (tertiary/aromatic N) is 2.